The third-order valence-electron chi connectivity index (χ3n) is 6.98. The summed E-state index contributed by atoms with van der Waals surface area (Å²) in [5.41, 5.74) is 0.692. The van der Waals surface area contributed by atoms with Gasteiger partial charge in [-0.25, -0.2) is 0 Å². The van der Waals surface area contributed by atoms with E-state index in [9.17, 15) is 30.0 Å². The van der Waals surface area contributed by atoms with Gasteiger partial charge in [0.15, 0.2) is 17.7 Å². The molecule has 2 heterocycles. The lowest BCUT2D eigenvalue weighted by Gasteiger charge is -2.41. The molecule has 9 heteroatoms. The predicted molar refractivity (Wildman–Crippen MR) is 101 cm³/mol. The molecule has 0 aromatic rings. The van der Waals surface area contributed by atoms with Gasteiger partial charge in [0.25, 0.3) is 0 Å². The molecule has 2 aliphatic heterocycles. The first-order valence-electron chi connectivity index (χ1n) is 10.3. The summed E-state index contributed by atoms with van der Waals surface area (Å²) in [5, 5.41) is 39.4. The van der Waals surface area contributed by atoms with Crippen LogP contribution in [0.15, 0.2) is 22.8 Å². The average molecular weight is 424 g/mol. The van der Waals surface area contributed by atoms with E-state index in [2.05, 4.69) is 0 Å². The van der Waals surface area contributed by atoms with Gasteiger partial charge in [0, 0.05) is 5.57 Å². The zero-order valence-corrected chi connectivity index (χ0v) is 17.0. The molecule has 4 rings (SSSR count). The number of esters is 1. The summed E-state index contributed by atoms with van der Waals surface area (Å²) < 4.78 is 16.9. The first kappa shape index (κ1) is 21.6. The lowest BCUT2D eigenvalue weighted by Crippen LogP contribution is -2.59. The van der Waals surface area contributed by atoms with E-state index in [-0.39, 0.29) is 30.2 Å². The van der Waals surface area contributed by atoms with E-state index in [1.54, 1.807) is 6.92 Å². The molecule has 2 bridgehead atoms. The SMILES string of the molecule is CC1=CC(=O)C2=C(CO[C@@H]3O[C@H](CO)[C@@H](O)[C@H](O)[C@H]3O)CC[C@@H]3C[C@]12OC(=O)[C@@H]3C. The summed E-state index contributed by atoms with van der Waals surface area (Å²) in [7, 11) is 0. The normalized spacial score (nSPS) is 43.8. The monoisotopic (exact) mass is 424 g/mol. The van der Waals surface area contributed by atoms with Crippen LogP contribution in [0, 0.1) is 11.8 Å². The Hall–Kier alpha value is -1.62. The Kier molecular flexibility index (Phi) is 5.63. The first-order valence-corrected chi connectivity index (χ1v) is 10.3. The number of carbonyl (C=O) groups excluding carboxylic acids is 2. The fourth-order valence-corrected chi connectivity index (χ4v) is 5.05. The fourth-order valence-electron chi connectivity index (χ4n) is 5.05. The molecular formula is C21H28O9. The number of hydrogen-bond donors (Lipinski definition) is 4. The summed E-state index contributed by atoms with van der Waals surface area (Å²) in [6.45, 7) is 2.99. The van der Waals surface area contributed by atoms with E-state index < -0.39 is 42.9 Å². The highest BCUT2D eigenvalue weighted by Gasteiger charge is 2.56. The minimum Gasteiger partial charge on any atom is -0.449 e. The van der Waals surface area contributed by atoms with Crippen molar-refractivity contribution in [3.8, 4) is 0 Å². The van der Waals surface area contributed by atoms with E-state index in [0.29, 0.717) is 36.0 Å². The van der Waals surface area contributed by atoms with Crippen molar-refractivity contribution in [3.05, 3.63) is 22.8 Å². The third-order valence-corrected chi connectivity index (χ3v) is 6.98. The van der Waals surface area contributed by atoms with Crippen molar-refractivity contribution in [2.75, 3.05) is 13.2 Å². The van der Waals surface area contributed by atoms with Gasteiger partial charge < -0.3 is 34.6 Å². The van der Waals surface area contributed by atoms with Gasteiger partial charge in [-0.05, 0) is 49.3 Å². The third kappa shape index (κ3) is 3.24. The minimum absolute atomic E-state index is 0.0697. The van der Waals surface area contributed by atoms with Crippen LogP contribution in [0.4, 0.5) is 0 Å². The second kappa shape index (κ2) is 7.81. The molecule has 0 amide bonds. The van der Waals surface area contributed by atoms with E-state index in [1.165, 1.54) is 6.08 Å². The predicted octanol–water partition coefficient (Wildman–Crippen LogP) is -0.640. The van der Waals surface area contributed by atoms with Gasteiger partial charge in [0.05, 0.1) is 19.1 Å². The van der Waals surface area contributed by atoms with Crippen molar-refractivity contribution < 1.29 is 44.2 Å². The second-order valence-corrected chi connectivity index (χ2v) is 8.72. The number of carbonyl (C=O) groups is 2. The smallest absolute Gasteiger partial charge is 0.310 e. The zero-order valence-electron chi connectivity index (χ0n) is 17.0. The number of aliphatic hydroxyl groups is 4. The van der Waals surface area contributed by atoms with Crippen LogP contribution < -0.4 is 0 Å². The summed E-state index contributed by atoms with van der Waals surface area (Å²) in [4.78, 5) is 25.3. The highest BCUT2D eigenvalue weighted by Crippen LogP contribution is 2.51. The molecule has 4 N–H and O–H groups in total. The maximum absolute atomic E-state index is 12.8. The molecule has 0 saturated carbocycles. The standard InChI is InChI=1S/C21H28O9/c1-9-5-13(23)15-12(4-3-11-6-21(9,15)30-19(27)10(11)2)8-28-20-18(26)17(25)16(24)14(7-22)29-20/h5,10-11,14,16-18,20,22,24-26H,3-4,6-8H2,1-2H3/t10-,11-,14-,16-,17+,18-,20-,21+/m1/s1. The lowest BCUT2D eigenvalue weighted by atomic mass is 9.75. The lowest BCUT2D eigenvalue weighted by molar-refractivity contribution is -0.299. The summed E-state index contributed by atoms with van der Waals surface area (Å²) in [6, 6.07) is 0. The van der Waals surface area contributed by atoms with Crippen molar-refractivity contribution in [1.29, 1.82) is 0 Å². The van der Waals surface area contributed by atoms with E-state index >= 15 is 0 Å². The van der Waals surface area contributed by atoms with Crippen LogP contribution >= 0.6 is 0 Å². The van der Waals surface area contributed by atoms with Crippen LogP contribution in [0.25, 0.3) is 0 Å². The van der Waals surface area contributed by atoms with Crippen molar-refractivity contribution >= 4 is 11.8 Å². The Morgan fingerprint density at radius 3 is 2.63 bits per heavy atom. The summed E-state index contributed by atoms with van der Waals surface area (Å²) >= 11 is 0. The van der Waals surface area contributed by atoms with Crippen LogP contribution in [0.3, 0.4) is 0 Å². The van der Waals surface area contributed by atoms with Crippen LogP contribution in [0.5, 0.6) is 0 Å². The Morgan fingerprint density at radius 2 is 1.93 bits per heavy atom. The van der Waals surface area contributed by atoms with Gasteiger partial charge >= 0.3 is 5.97 Å². The molecule has 8 atom stereocenters. The number of ketones is 1. The number of ether oxygens (including phenoxy) is 3. The molecule has 1 spiro atoms. The number of allylic oxidation sites excluding steroid dienone is 1. The zero-order chi connectivity index (χ0) is 21.8. The van der Waals surface area contributed by atoms with Gasteiger partial charge in [-0.15, -0.1) is 0 Å². The van der Waals surface area contributed by atoms with E-state index in [4.69, 9.17) is 14.2 Å². The average Bonchev–Trinajstić information content (AvgIpc) is 2.86. The molecule has 0 unspecified atom stereocenters. The molecule has 2 aliphatic carbocycles. The molecule has 166 valence electrons. The maximum atomic E-state index is 12.8. The topological polar surface area (TPSA) is 143 Å². The molecule has 2 fully saturated rings. The Labute approximate surface area is 173 Å². The molecule has 0 aromatic heterocycles. The van der Waals surface area contributed by atoms with Crippen LogP contribution in [-0.2, 0) is 23.8 Å². The number of rotatable bonds is 4. The largest absolute Gasteiger partial charge is 0.449 e. The molecular weight excluding hydrogens is 396 g/mol. The quantitative estimate of drug-likeness (QED) is 0.433. The molecule has 0 aromatic carbocycles. The Bertz CT molecular complexity index is 800. The Morgan fingerprint density at radius 1 is 1.20 bits per heavy atom. The van der Waals surface area contributed by atoms with Crippen molar-refractivity contribution in [2.24, 2.45) is 11.8 Å². The molecule has 0 radical (unpaired) electrons. The highest BCUT2D eigenvalue weighted by atomic mass is 16.7. The molecule has 4 aliphatic rings. The number of fused-ring (bicyclic) bond motifs is 1. The molecule has 9 nitrogen and oxygen atoms in total. The van der Waals surface area contributed by atoms with Gasteiger partial charge in [0.2, 0.25) is 0 Å². The van der Waals surface area contributed by atoms with Gasteiger partial charge in [-0.1, -0.05) is 6.92 Å². The number of aliphatic hydroxyl groups excluding tert-OH is 4. The van der Waals surface area contributed by atoms with E-state index in [1.807, 2.05) is 6.92 Å². The van der Waals surface area contributed by atoms with Gasteiger partial charge in [-0.3, -0.25) is 9.59 Å². The van der Waals surface area contributed by atoms with Crippen LogP contribution in [0.2, 0.25) is 0 Å². The summed E-state index contributed by atoms with van der Waals surface area (Å²) in [5.74, 6) is -0.725. The van der Waals surface area contributed by atoms with E-state index in [0.717, 1.165) is 0 Å². The fraction of sp³-hybridized carbons (Fsp3) is 0.714. The molecule has 2 saturated heterocycles. The maximum Gasteiger partial charge on any atom is 0.310 e. The second-order valence-electron chi connectivity index (χ2n) is 8.72. The van der Waals surface area contributed by atoms with Crippen molar-refractivity contribution in [2.45, 2.75) is 69.4 Å². The number of hydrogen-bond acceptors (Lipinski definition) is 9. The van der Waals surface area contributed by atoms with Crippen LogP contribution in [0.1, 0.15) is 33.1 Å². The first-order chi connectivity index (χ1) is 14.2. The minimum atomic E-state index is -1.54. The molecule has 30 heavy (non-hydrogen) atoms. The van der Waals surface area contributed by atoms with Crippen molar-refractivity contribution in [3.63, 3.8) is 0 Å². The van der Waals surface area contributed by atoms with Crippen molar-refractivity contribution in [1.82, 2.24) is 0 Å². The Balaban J connectivity index is 1.60. The van der Waals surface area contributed by atoms with Gasteiger partial charge in [0.1, 0.15) is 24.4 Å². The summed E-state index contributed by atoms with van der Waals surface area (Å²) in [6.07, 6.45) is -3.66. The highest BCUT2D eigenvalue weighted by molar-refractivity contribution is 6.11. The van der Waals surface area contributed by atoms with Crippen LogP contribution in [-0.4, -0.2) is 81.7 Å². The van der Waals surface area contributed by atoms with Gasteiger partial charge in [-0.2, -0.15) is 0 Å².